The van der Waals surface area contributed by atoms with Crippen LogP contribution in [0.25, 0.3) is 0 Å². The summed E-state index contributed by atoms with van der Waals surface area (Å²) < 4.78 is 0. The Morgan fingerprint density at radius 2 is 1.55 bits per heavy atom. The molecule has 1 rings (SSSR count). The van der Waals surface area contributed by atoms with Crippen LogP contribution in [0.5, 0.6) is 5.75 Å². The van der Waals surface area contributed by atoms with Gasteiger partial charge in [0.25, 0.3) is 0 Å². The smallest absolute Gasteiger partial charge is 0.545 e. The van der Waals surface area contributed by atoms with Crippen LogP contribution >= 0.6 is 0 Å². The van der Waals surface area contributed by atoms with Crippen LogP contribution in [0.1, 0.15) is 68.6 Å². The van der Waals surface area contributed by atoms with E-state index in [1.807, 2.05) is 41.5 Å². The SMILES string of the molecule is Cc1c(C(=O)[O-])cc(C(C)(C)C)c(O)c1C(C)(C)C.[Na+]. The number of carbonyl (C=O) groups excluding carboxylic acids is 1. The molecule has 4 heteroatoms. The average molecular weight is 286 g/mol. The third-order valence-electron chi connectivity index (χ3n) is 3.34. The zero-order valence-corrected chi connectivity index (χ0v) is 15.8. The Morgan fingerprint density at radius 3 is 1.85 bits per heavy atom. The first kappa shape index (κ1) is 19.5. The minimum absolute atomic E-state index is 0. The molecule has 1 aromatic rings. The molecule has 0 aromatic heterocycles. The van der Waals surface area contributed by atoms with E-state index in [4.69, 9.17) is 0 Å². The Morgan fingerprint density at radius 1 is 1.10 bits per heavy atom. The van der Waals surface area contributed by atoms with Gasteiger partial charge in [-0.25, -0.2) is 0 Å². The first-order chi connectivity index (χ1) is 8.37. The molecule has 0 fully saturated rings. The van der Waals surface area contributed by atoms with E-state index in [-0.39, 0.29) is 51.7 Å². The molecule has 0 spiro atoms. The van der Waals surface area contributed by atoms with Gasteiger partial charge in [0.1, 0.15) is 5.75 Å². The van der Waals surface area contributed by atoms with Gasteiger partial charge in [0.15, 0.2) is 0 Å². The van der Waals surface area contributed by atoms with E-state index in [9.17, 15) is 15.0 Å². The summed E-state index contributed by atoms with van der Waals surface area (Å²) in [5.41, 5.74) is 1.40. The molecule has 0 saturated heterocycles. The molecule has 106 valence electrons. The first-order valence-electron chi connectivity index (χ1n) is 6.46. The third-order valence-corrected chi connectivity index (χ3v) is 3.34. The van der Waals surface area contributed by atoms with E-state index in [0.717, 1.165) is 0 Å². The van der Waals surface area contributed by atoms with Gasteiger partial charge in [-0.15, -0.1) is 0 Å². The molecule has 0 saturated carbocycles. The standard InChI is InChI=1S/C16H24O3.Na/c1-9-10(14(18)19)8-11(15(2,3)4)13(17)12(9)16(5,6)7;/h8,17H,1-7H3,(H,18,19);/q;+1/p-1. The van der Waals surface area contributed by atoms with Crippen molar-refractivity contribution in [3.8, 4) is 5.75 Å². The number of carbonyl (C=O) groups is 1. The van der Waals surface area contributed by atoms with Crippen LogP contribution in [0.4, 0.5) is 0 Å². The summed E-state index contributed by atoms with van der Waals surface area (Å²) in [5, 5.41) is 21.8. The van der Waals surface area contributed by atoms with Gasteiger partial charge in [-0.1, -0.05) is 41.5 Å². The molecule has 3 nitrogen and oxygen atoms in total. The average Bonchev–Trinajstić information content (AvgIpc) is 2.12. The van der Waals surface area contributed by atoms with Gasteiger partial charge in [-0.3, -0.25) is 0 Å². The summed E-state index contributed by atoms with van der Waals surface area (Å²) in [4.78, 5) is 11.3. The molecule has 0 amide bonds. The monoisotopic (exact) mass is 286 g/mol. The van der Waals surface area contributed by atoms with Gasteiger partial charge in [0, 0.05) is 16.7 Å². The summed E-state index contributed by atoms with van der Waals surface area (Å²) in [6.07, 6.45) is 0. The molecule has 0 aliphatic carbocycles. The van der Waals surface area contributed by atoms with Crippen molar-refractivity contribution in [2.45, 2.75) is 59.3 Å². The number of rotatable bonds is 1. The van der Waals surface area contributed by atoms with Crippen molar-refractivity contribution < 1.29 is 44.6 Å². The fourth-order valence-corrected chi connectivity index (χ4v) is 2.47. The Balaban J connectivity index is 0.00000361. The Labute approximate surface area is 143 Å². The molecule has 20 heavy (non-hydrogen) atoms. The molecule has 1 N–H and O–H groups in total. The first-order valence-corrected chi connectivity index (χ1v) is 6.46. The van der Waals surface area contributed by atoms with Gasteiger partial charge < -0.3 is 15.0 Å². The summed E-state index contributed by atoms with van der Waals surface area (Å²) >= 11 is 0. The van der Waals surface area contributed by atoms with Gasteiger partial charge >= 0.3 is 29.6 Å². The summed E-state index contributed by atoms with van der Waals surface area (Å²) in [6, 6.07) is 1.54. The maximum atomic E-state index is 11.3. The number of benzene rings is 1. The molecular formula is C16H23NaO3. The molecule has 0 heterocycles. The summed E-state index contributed by atoms with van der Waals surface area (Å²) in [5.74, 6) is -1.00. The number of phenols is 1. The van der Waals surface area contributed by atoms with Gasteiger partial charge in [0.05, 0.1) is 5.97 Å². The second kappa shape index (κ2) is 6.08. The van der Waals surface area contributed by atoms with Gasteiger partial charge in [-0.05, 0) is 29.4 Å². The molecule has 0 atom stereocenters. The summed E-state index contributed by atoms with van der Waals surface area (Å²) in [7, 11) is 0. The number of phenolic OH excluding ortho intramolecular Hbond substituents is 1. The van der Waals surface area contributed by atoms with E-state index in [2.05, 4.69) is 0 Å². The molecule has 0 unspecified atom stereocenters. The number of hydrogen-bond donors (Lipinski definition) is 1. The van der Waals surface area contributed by atoms with Crippen molar-refractivity contribution in [3.05, 3.63) is 28.3 Å². The van der Waals surface area contributed by atoms with Crippen molar-refractivity contribution in [1.82, 2.24) is 0 Å². The number of carboxylic acids is 1. The fraction of sp³-hybridized carbons (Fsp3) is 0.562. The molecule has 0 radical (unpaired) electrons. The van der Waals surface area contributed by atoms with Crippen molar-refractivity contribution in [3.63, 3.8) is 0 Å². The van der Waals surface area contributed by atoms with Crippen LogP contribution in [0.3, 0.4) is 0 Å². The second-order valence-corrected chi connectivity index (χ2v) is 7.11. The third kappa shape index (κ3) is 3.78. The minimum Gasteiger partial charge on any atom is -0.545 e. The summed E-state index contributed by atoms with van der Waals surface area (Å²) in [6.45, 7) is 13.4. The van der Waals surface area contributed by atoms with Crippen molar-refractivity contribution in [2.24, 2.45) is 0 Å². The van der Waals surface area contributed by atoms with Gasteiger partial charge in [-0.2, -0.15) is 0 Å². The second-order valence-electron chi connectivity index (χ2n) is 7.11. The van der Waals surface area contributed by atoms with E-state index < -0.39 is 5.97 Å². The van der Waals surface area contributed by atoms with Crippen LogP contribution < -0.4 is 34.7 Å². The number of carboxylic acid groups (broad SMARTS) is 1. The number of hydrogen-bond acceptors (Lipinski definition) is 3. The Kier molecular flexibility index (Phi) is 5.93. The van der Waals surface area contributed by atoms with E-state index in [1.54, 1.807) is 6.92 Å². The zero-order chi connectivity index (χ0) is 15.2. The van der Waals surface area contributed by atoms with Crippen molar-refractivity contribution in [1.29, 1.82) is 0 Å². The molecule has 0 aliphatic heterocycles. The predicted molar refractivity (Wildman–Crippen MR) is 74.6 cm³/mol. The van der Waals surface area contributed by atoms with Gasteiger partial charge in [0.2, 0.25) is 0 Å². The minimum atomic E-state index is -1.20. The van der Waals surface area contributed by atoms with Crippen LogP contribution in [-0.2, 0) is 10.8 Å². The number of aromatic hydroxyl groups is 1. The van der Waals surface area contributed by atoms with Crippen molar-refractivity contribution >= 4 is 5.97 Å². The van der Waals surface area contributed by atoms with E-state index in [0.29, 0.717) is 16.7 Å². The maximum Gasteiger partial charge on any atom is 1.00 e. The Bertz CT molecular complexity index is 520. The molecule has 1 aromatic carbocycles. The maximum absolute atomic E-state index is 11.3. The largest absolute Gasteiger partial charge is 1.00 e. The van der Waals surface area contributed by atoms with Crippen LogP contribution in [0.2, 0.25) is 0 Å². The zero-order valence-electron chi connectivity index (χ0n) is 13.8. The molecule has 0 aliphatic rings. The predicted octanol–water partition coefficient (Wildman–Crippen LogP) is -0.337. The van der Waals surface area contributed by atoms with E-state index in [1.165, 1.54) is 6.07 Å². The van der Waals surface area contributed by atoms with Crippen molar-refractivity contribution in [2.75, 3.05) is 0 Å². The normalized spacial score (nSPS) is 11.9. The number of aromatic carboxylic acids is 1. The quantitative estimate of drug-likeness (QED) is 0.719. The molecule has 0 bridgehead atoms. The van der Waals surface area contributed by atoms with Crippen LogP contribution in [-0.4, -0.2) is 11.1 Å². The topological polar surface area (TPSA) is 60.4 Å². The van der Waals surface area contributed by atoms with Crippen LogP contribution in [0, 0.1) is 6.92 Å². The Hall–Kier alpha value is -0.510. The fourth-order valence-electron chi connectivity index (χ4n) is 2.47. The molecular weight excluding hydrogens is 263 g/mol. The van der Waals surface area contributed by atoms with Crippen LogP contribution in [0.15, 0.2) is 6.07 Å². The van der Waals surface area contributed by atoms with E-state index >= 15 is 0 Å².